The molecule has 5 nitrogen and oxygen atoms in total. The number of hydrogen-bond acceptors (Lipinski definition) is 3. The molecular weight excluding hydrogens is 419 g/mol. The van der Waals surface area contributed by atoms with Gasteiger partial charge in [-0.05, 0) is 72.7 Å². The molecule has 3 aromatic rings. The molecule has 170 valence electrons. The highest BCUT2D eigenvalue weighted by molar-refractivity contribution is 6.04. The van der Waals surface area contributed by atoms with Crippen molar-refractivity contribution in [3.05, 3.63) is 101 Å². The zero-order valence-corrected chi connectivity index (χ0v) is 18.4. The van der Waals surface area contributed by atoms with E-state index < -0.39 is 5.91 Å². The highest BCUT2D eigenvalue weighted by Crippen LogP contribution is 2.22. The second kappa shape index (κ2) is 10.8. The first-order chi connectivity index (χ1) is 16.1. The Bertz CT molecular complexity index is 1060. The molecule has 4 rings (SSSR count). The zero-order chi connectivity index (χ0) is 23.0. The number of rotatable bonds is 6. The summed E-state index contributed by atoms with van der Waals surface area (Å²) in [5, 5.41) is 2.48. The largest absolute Gasteiger partial charge is 0.489 e. The molecule has 3 aromatic carbocycles. The van der Waals surface area contributed by atoms with Crippen molar-refractivity contribution in [3.8, 4) is 5.75 Å². The molecule has 1 N–H and O–H groups in total. The molecule has 0 radical (unpaired) electrons. The average molecular weight is 447 g/mol. The highest BCUT2D eigenvalue weighted by atomic mass is 19.1. The number of carbonyl (C=O) groups is 2. The molecule has 0 saturated carbocycles. The van der Waals surface area contributed by atoms with E-state index in [0.717, 1.165) is 30.4 Å². The van der Waals surface area contributed by atoms with Crippen LogP contribution in [0.5, 0.6) is 5.75 Å². The summed E-state index contributed by atoms with van der Waals surface area (Å²) in [5.41, 5.74) is 2.57. The first-order valence-electron chi connectivity index (χ1n) is 11.2. The summed E-state index contributed by atoms with van der Waals surface area (Å²) < 4.78 is 18.8. The van der Waals surface area contributed by atoms with Crippen molar-refractivity contribution in [2.75, 3.05) is 13.1 Å². The molecule has 0 aromatic heterocycles. The van der Waals surface area contributed by atoms with Crippen LogP contribution in [-0.4, -0.2) is 29.9 Å². The fourth-order valence-electron chi connectivity index (χ4n) is 3.99. The SMILES string of the molecule is O=C(NC(=O)N1CCC(Cc2ccc(F)cc2)CC1)c1ccc(OCc2ccccc2)cc1. The van der Waals surface area contributed by atoms with Gasteiger partial charge in [-0.1, -0.05) is 42.5 Å². The molecule has 0 atom stereocenters. The van der Waals surface area contributed by atoms with Gasteiger partial charge in [0.1, 0.15) is 18.2 Å². The summed E-state index contributed by atoms with van der Waals surface area (Å²) >= 11 is 0. The van der Waals surface area contributed by atoms with Crippen LogP contribution >= 0.6 is 0 Å². The maximum absolute atomic E-state index is 13.1. The smallest absolute Gasteiger partial charge is 0.324 e. The summed E-state index contributed by atoms with van der Waals surface area (Å²) in [7, 11) is 0. The molecule has 6 heteroatoms. The third-order valence-corrected chi connectivity index (χ3v) is 5.92. The van der Waals surface area contributed by atoms with E-state index in [1.165, 1.54) is 12.1 Å². The Labute approximate surface area is 193 Å². The lowest BCUT2D eigenvalue weighted by Crippen LogP contribution is -2.46. The Kier molecular flexibility index (Phi) is 7.35. The number of nitrogens with one attached hydrogen (secondary N) is 1. The van der Waals surface area contributed by atoms with E-state index in [9.17, 15) is 14.0 Å². The summed E-state index contributed by atoms with van der Waals surface area (Å²) in [5.74, 6) is 0.441. The Hall–Kier alpha value is -3.67. The number of carbonyl (C=O) groups excluding carboxylic acids is 2. The number of imide groups is 1. The lowest BCUT2D eigenvalue weighted by atomic mass is 9.90. The van der Waals surface area contributed by atoms with Gasteiger partial charge in [-0.3, -0.25) is 10.1 Å². The Balaban J connectivity index is 1.22. The number of piperidine rings is 1. The van der Waals surface area contributed by atoms with Crippen molar-refractivity contribution in [3.63, 3.8) is 0 Å². The van der Waals surface area contributed by atoms with E-state index >= 15 is 0 Å². The lowest BCUT2D eigenvalue weighted by Gasteiger charge is -2.31. The first kappa shape index (κ1) is 22.5. The summed E-state index contributed by atoms with van der Waals surface area (Å²) in [6.45, 7) is 1.64. The van der Waals surface area contributed by atoms with Crippen LogP contribution in [0.15, 0.2) is 78.9 Å². The van der Waals surface area contributed by atoms with E-state index in [-0.39, 0.29) is 11.8 Å². The second-order valence-corrected chi connectivity index (χ2v) is 8.32. The van der Waals surface area contributed by atoms with E-state index in [1.807, 2.05) is 42.5 Å². The zero-order valence-electron chi connectivity index (χ0n) is 18.4. The van der Waals surface area contributed by atoms with E-state index in [0.29, 0.717) is 36.9 Å². The van der Waals surface area contributed by atoms with E-state index in [4.69, 9.17) is 4.74 Å². The lowest BCUT2D eigenvalue weighted by molar-refractivity contribution is 0.0945. The van der Waals surface area contributed by atoms with Gasteiger partial charge in [0.15, 0.2) is 0 Å². The highest BCUT2D eigenvalue weighted by Gasteiger charge is 2.24. The number of likely N-dealkylation sites (tertiary alicyclic amines) is 1. The third-order valence-electron chi connectivity index (χ3n) is 5.92. The standard InChI is InChI=1S/C27H27FN2O3/c28-24-10-6-20(7-11-24)18-21-14-16-30(17-15-21)27(32)29-26(31)23-8-12-25(13-9-23)33-19-22-4-2-1-3-5-22/h1-13,21H,14-19H2,(H,29,31,32). The topological polar surface area (TPSA) is 58.6 Å². The van der Waals surface area contributed by atoms with Crippen LogP contribution in [0, 0.1) is 11.7 Å². The molecule has 1 saturated heterocycles. The number of ether oxygens (including phenoxy) is 1. The minimum atomic E-state index is -0.428. The number of nitrogens with zero attached hydrogens (tertiary/aromatic N) is 1. The van der Waals surface area contributed by atoms with Crippen molar-refractivity contribution in [2.24, 2.45) is 5.92 Å². The van der Waals surface area contributed by atoms with Crippen LogP contribution in [0.1, 0.15) is 34.3 Å². The molecule has 3 amide bonds. The summed E-state index contributed by atoms with van der Waals surface area (Å²) in [6, 6.07) is 22.8. The number of benzene rings is 3. The van der Waals surface area contributed by atoms with Gasteiger partial charge >= 0.3 is 6.03 Å². The van der Waals surface area contributed by atoms with Crippen molar-refractivity contribution < 1.29 is 18.7 Å². The second-order valence-electron chi connectivity index (χ2n) is 8.32. The Morgan fingerprint density at radius 2 is 1.55 bits per heavy atom. The average Bonchev–Trinajstić information content (AvgIpc) is 2.85. The van der Waals surface area contributed by atoms with Crippen LogP contribution in [-0.2, 0) is 13.0 Å². The molecule has 0 bridgehead atoms. The van der Waals surface area contributed by atoms with Gasteiger partial charge in [0.05, 0.1) is 0 Å². The number of amides is 3. The van der Waals surface area contributed by atoms with Crippen molar-refractivity contribution >= 4 is 11.9 Å². The minimum absolute atomic E-state index is 0.232. The molecule has 0 spiro atoms. The van der Waals surface area contributed by atoms with Crippen LogP contribution in [0.4, 0.5) is 9.18 Å². The Morgan fingerprint density at radius 3 is 2.21 bits per heavy atom. The molecule has 1 aliphatic heterocycles. The van der Waals surface area contributed by atoms with Crippen molar-refractivity contribution in [1.82, 2.24) is 10.2 Å². The Morgan fingerprint density at radius 1 is 0.879 bits per heavy atom. The quantitative estimate of drug-likeness (QED) is 0.566. The number of halogens is 1. The summed E-state index contributed by atoms with van der Waals surface area (Å²) in [6.07, 6.45) is 2.58. The molecule has 1 heterocycles. The van der Waals surface area contributed by atoms with Gasteiger partial charge in [-0.15, -0.1) is 0 Å². The molecule has 1 fully saturated rings. The predicted octanol–water partition coefficient (Wildman–Crippen LogP) is 5.21. The summed E-state index contributed by atoms with van der Waals surface area (Å²) in [4.78, 5) is 26.7. The van der Waals surface area contributed by atoms with Crippen LogP contribution < -0.4 is 10.1 Å². The minimum Gasteiger partial charge on any atom is -0.489 e. The molecule has 0 unspecified atom stereocenters. The maximum atomic E-state index is 13.1. The molecule has 33 heavy (non-hydrogen) atoms. The fourth-order valence-corrected chi connectivity index (χ4v) is 3.99. The molecule has 0 aliphatic carbocycles. The fraction of sp³-hybridized carbons (Fsp3) is 0.259. The number of urea groups is 1. The van der Waals surface area contributed by atoms with Gasteiger partial charge in [0.2, 0.25) is 0 Å². The van der Waals surface area contributed by atoms with Crippen LogP contribution in [0.2, 0.25) is 0 Å². The normalized spacial score (nSPS) is 14.0. The predicted molar refractivity (Wildman–Crippen MR) is 124 cm³/mol. The van der Waals surface area contributed by atoms with Gasteiger partial charge in [0.25, 0.3) is 5.91 Å². The van der Waals surface area contributed by atoms with Gasteiger partial charge in [0, 0.05) is 18.7 Å². The van der Waals surface area contributed by atoms with Crippen LogP contribution in [0.25, 0.3) is 0 Å². The van der Waals surface area contributed by atoms with Crippen molar-refractivity contribution in [1.29, 1.82) is 0 Å². The van der Waals surface area contributed by atoms with Gasteiger partial charge < -0.3 is 9.64 Å². The first-order valence-corrected chi connectivity index (χ1v) is 11.2. The third kappa shape index (κ3) is 6.42. The monoisotopic (exact) mass is 446 g/mol. The van der Waals surface area contributed by atoms with Gasteiger partial charge in [-0.2, -0.15) is 0 Å². The maximum Gasteiger partial charge on any atom is 0.324 e. The van der Waals surface area contributed by atoms with E-state index in [1.54, 1.807) is 29.2 Å². The number of hydrogen-bond donors (Lipinski definition) is 1. The molecule has 1 aliphatic rings. The van der Waals surface area contributed by atoms with Gasteiger partial charge in [-0.25, -0.2) is 9.18 Å². The van der Waals surface area contributed by atoms with E-state index in [2.05, 4.69) is 5.32 Å². The molecular formula is C27H27FN2O3. The van der Waals surface area contributed by atoms with Crippen molar-refractivity contribution in [2.45, 2.75) is 25.9 Å². The van der Waals surface area contributed by atoms with Crippen LogP contribution in [0.3, 0.4) is 0 Å².